The van der Waals surface area contributed by atoms with Crippen LogP contribution in [0.3, 0.4) is 0 Å². The zero-order valence-electron chi connectivity index (χ0n) is 11.7. The number of rotatable bonds is 3. The Hall–Kier alpha value is -1.70. The highest BCUT2D eigenvalue weighted by atomic mass is 35.5. The smallest absolute Gasteiger partial charge is 0.296 e. The highest BCUT2D eigenvalue weighted by Gasteiger charge is 2.66. The zero-order valence-corrected chi connectivity index (χ0v) is 13.3. The number of amides is 2. The molecule has 4 rings (SSSR count). The normalized spacial score (nSPS) is 34.7. The van der Waals surface area contributed by atoms with E-state index < -0.39 is 33.5 Å². The van der Waals surface area contributed by atoms with E-state index in [1.165, 1.54) is 24.3 Å². The van der Waals surface area contributed by atoms with E-state index >= 15 is 0 Å². The summed E-state index contributed by atoms with van der Waals surface area (Å²) in [6, 6.07) is 5.59. The van der Waals surface area contributed by atoms with E-state index in [0.717, 1.165) is 0 Å². The van der Waals surface area contributed by atoms with Crippen LogP contribution in [-0.2, 0) is 23.9 Å². The van der Waals surface area contributed by atoms with E-state index in [1.54, 1.807) is 12.2 Å². The van der Waals surface area contributed by atoms with Gasteiger partial charge in [0.05, 0.1) is 16.7 Å². The molecule has 0 radical (unpaired) electrons. The molecule has 1 saturated carbocycles. The number of fused-ring (bicyclic) bond motifs is 5. The topological polar surface area (TPSA) is 89.5 Å². The van der Waals surface area contributed by atoms with E-state index in [0.29, 0.717) is 11.4 Å². The molecule has 3 aliphatic rings. The number of hydrogen-bond donors (Lipinski definition) is 1. The molecule has 23 heavy (non-hydrogen) atoms. The van der Waals surface area contributed by atoms with Crippen LogP contribution in [0.25, 0.3) is 0 Å². The third-order valence-electron chi connectivity index (χ3n) is 4.73. The van der Waals surface area contributed by atoms with Crippen molar-refractivity contribution in [3.05, 3.63) is 41.4 Å². The minimum absolute atomic E-state index is 0.0405. The summed E-state index contributed by atoms with van der Waals surface area (Å²) >= 11 is 5.76. The van der Waals surface area contributed by atoms with Gasteiger partial charge in [0.1, 0.15) is 5.60 Å². The molecule has 1 aliphatic heterocycles. The second kappa shape index (κ2) is 4.66. The van der Waals surface area contributed by atoms with Crippen LogP contribution in [-0.4, -0.2) is 25.8 Å². The van der Waals surface area contributed by atoms with Gasteiger partial charge >= 0.3 is 0 Å². The summed E-state index contributed by atoms with van der Waals surface area (Å²) < 4.78 is 30.6. The summed E-state index contributed by atoms with van der Waals surface area (Å²) in [6.07, 6.45) is 3.68. The number of carbonyl (C=O) groups excluding carboxylic acids is 2. The van der Waals surface area contributed by atoms with Crippen molar-refractivity contribution in [1.82, 2.24) is 5.32 Å². The highest BCUT2D eigenvalue weighted by Crippen LogP contribution is 2.55. The highest BCUT2D eigenvalue weighted by molar-refractivity contribution is 7.86. The Morgan fingerprint density at radius 3 is 2.57 bits per heavy atom. The van der Waals surface area contributed by atoms with Crippen LogP contribution in [0, 0.1) is 17.8 Å². The van der Waals surface area contributed by atoms with Crippen molar-refractivity contribution < 1.29 is 22.2 Å². The van der Waals surface area contributed by atoms with Crippen LogP contribution >= 0.6 is 11.6 Å². The first-order chi connectivity index (χ1) is 10.8. The van der Waals surface area contributed by atoms with E-state index in [9.17, 15) is 18.0 Å². The van der Waals surface area contributed by atoms with Crippen molar-refractivity contribution >= 4 is 33.5 Å². The zero-order chi connectivity index (χ0) is 16.4. The number of halogens is 1. The molecular weight excluding hydrogens is 342 g/mol. The largest absolute Gasteiger partial charge is 0.297 e. The molecular formula is C15H12ClNO5S. The fourth-order valence-electron chi connectivity index (χ4n) is 3.80. The number of carbonyl (C=O) groups is 2. The molecule has 2 aliphatic carbocycles. The summed E-state index contributed by atoms with van der Waals surface area (Å²) in [6.45, 7) is 0. The van der Waals surface area contributed by atoms with E-state index in [4.69, 9.17) is 15.8 Å². The lowest BCUT2D eigenvalue weighted by Gasteiger charge is -2.29. The van der Waals surface area contributed by atoms with E-state index in [1.807, 2.05) is 0 Å². The fourth-order valence-corrected chi connectivity index (χ4v) is 5.13. The predicted octanol–water partition coefficient (Wildman–Crippen LogP) is 1.26. The minimum atomic E-state index is -4.09. The first-order valence-corrected chi connectivity index (χ1v) is 8.86. The van der Waals surface area contributed by atoms with Crippen molar-refractivity contribution in [2.75, 3.05) is 0 Å². The van der Waals surface area contributed by atoms with Crippen LogP contribution < -0.4 is 5.32 Å². The van der Waals surface area contributed by atoms with Crippen LogP contribution in [0.5, 0.6) is 0 Å². The summed E-state index contributed by atoms with van der Waals surface area (Å²) in [5.74, 6) is -2.35. The quantitative estimate of drug-likeness (QED) is 0.502. The Morgan fingerprint density at radius 2 is 1.87 bits per heavy atom. The van der Waals surface area contributed by atoms with Crippen LogP contribution in [0.15, 0.2) is 41.3 Å². The van der Waals surface area contributed by atoms with Crippen molar-refractivity contribution in [1.29, 1.82) is 0 Å². The Bertz CT molecular complexity index is 847. The summed E-state index contributed by atoms with van der Waals surface area (Å²) in [7, 11) is -4.09. The average Bonchev–Trinajstić information content (AvgIpc) is 3.10. The number of benzene rings is 1. The van der Waals surface area contributed by atoms with Gasteiger partial charge in [-0.15, -0.1) is 0 Å². The van der Waals surface area contributed by atoms with Crippen molar-refractivity contribution in [3.63, 3.8) is 0 Å². The molecule has 4 unspecified atom stereocenters. The molecule has 1 N–H and O–H groups in total. The summed E-state index contributed by atoms with van der Waals surface area (Å²) in [5, 5.41) is 2.67. The fraction of sp³-hybridized carbons (Fsp3) is 0.333. The van der Waals surface area contributed by atoms with Gasteiger partial charge in [0.15, 0.2) is 0 Å². The van der Waals surface area contributed by atoms with Gasteiger partial charge in [0, 0.05) is 5.02 Å². The maximum Gasteiger partial charge on any atom is 0.297 e. The van der Waals surface area contributed by atoms with Gasteiger partial charge in [0.2, 0.25) is 11.8 Å². The van der Waals surface area contributed by atoms with Crippen LogP contribution in [0.2, 0.25) is 5.02 Å². The average molecular weight is 354 g/mol. The second-order valence-electron chi connectivity index (χ2n) is 6.03. The molecule has 2 fully saturated rings. The van der Waals surface area contributed by atoms with Gasteiger partial charge in [-0.05, 0) is 36.6 Å². The van der Waals surface area contributed by atoms with E-state index in [-0.39, 0.29) is 16.7 Å². The summed E-state index contributed by atoms with van der Waals surface area (Å²) in [4.78, 5) is 23.9. The van der Waals surface area contributed by atoms with Crippen molar-refractivity contribution in [2.45, 2.75) is 16.9 Å². The maximum absolute atomic E-state index is 12.5. The minimum Gasteiger partial charge on any atom is -0.296 e. The first kappa shape index (κ1) is 14.9. The van der Waals surface area contributed by atoms with Gasteiger partial charge in [-0.1, -0.05) is 23.8 Å². The third-order valence-corrected chi connectivity index (χ3v) is 6.36. The SMILES string of the molecule is O=C1NC(=O)C2C1C1C=CC2(OS(=O)(=O)c2ccc(Cl)cc2)C1. The number of imide groups is 1. The molecule has 4 atom stereocenters. The predicted molar refractivity (Wildman–Crippen MR) is 79.8 cm³/mol. The molecule has 120 valence electrons. The van der Waals surface area contributed by atoms with Crippen LogP contribution in [0.4, 0.5) is 0 Å². The lowest BCUT2D eigenvalue weighted by molar-refractivity contribution is -0.128. The Morgan fingerprint density at radius 1 is 1.17 bits per heavy atom. The van der Waals surface area contributed by atoms with Crippen LogP contribution in [0.1, 0.15) is 6.42 Å². The molecule has 1 heterocycles. The molecule has 1 aromatic rings. The third kappa shape index (κ3) is 2.07. The lowest BCUT2D eigenvalue weighted by Crippen LogP contribution is -2.42. The van der Waals surface area contributed by atoms with Gasteiger partial charge in [-0.25, -0.2) is 0 Å². The number of nitrogens with one attached hydrogen (secondary N) is 1. The van der Waals surface area contributed by atoms with Gasteiger partial charge in [0.25, 0.3) is 10.1 Å². The molecule has 6 nitrogen and oxygen atoms in total. The van der Waals surface area contributed by atoms with Gasteiger partial charge in [-0.2, -0.15) is 8.42 Å². The number of hydrogen-bond acceptors (Lipinski definition) is 5. The molecule has 0 spiro atoms. The molecule has 8 heteroatoms. The second-order valence-corrected chi connectivity index (χ2v) is 8.01. The number of allylic oxidation sites excluding steroid dienone is 1. The van der Waals surface area contributed by atoms with Gasteiger partial charge < -0.3 is 0 Å². The van der Waals surface area contributed by atoms with E-state index in [2.05, 4.69) is 5.32 Å². The van der Waals surface area contributed by atoms with Gasteiger partial charge in [-0.3, -0.25) is 19.1 Å². The molecule has 2 amide bonds. The lowest BCUT2D eigenvalue weighted by atomic mass is 9.83. The first-order valence-electron chi connectivity index (χ1n) is 7.08. The standard InChI is InChI=1S/C15H12ClNO5S/c16-9-1-3-10(4-2-9)23(20,21)22-15-6-5-8(7-15)11-12(15)14(19)17-13(11)18/h1-6,8,11-12H,7H2,(H,17,18,19). The Labute approximate surface area is 137 Å². The summed E-state index contributed by atoms with van der Waals surface area (Å²) in [5.41, 5.74) is -1.29. The molecule has 1 aromatic carbocycles. The molecule has 2 bridgehead atoms. The van der Waals surface area contributed by atoms with Crippen molar-refractivity contribution in [3.8, 4) is 0 Å². The monoisotopic (exact) mass is 353 g/mol. The molecule has 0 aromatic heterocycles. The Balaban J connectivity index is 1.71. The maximum atomic E-state index is 12.5. The van der Waals surface area contributed by atoms with Crippen molar-refractivity contribution in [2.24, 2.45) is 17.8 Å². The Kier molecular flexibility index (Phi) is 3.01. The molecule has 1 saturated heterocycles.